The van der Waals surface area contributed by atoms with Crippen molar-refractivity contribution >= 4 is 18.3 Å². The van der Waals surface area contributed by atoms with Gasteiger partial charge < -0.3 is 24.8 Å². The second kappa shape index (κ2) is 11.1. The molecule has 1 rings (SSSR count). The molecule has 3 N–H and O–H groups in total. The number of hydrogen-bond acceptors (Lipinski definition) is 6. The zero-order chi connectivity index (χ0) is 19.4. The Kier molecular flexibility index (Phi) is 8.80. The molecule has 140 valence electrons. The molecule has 0 spiro atoms. The lowest BCUT2D eigenvalue weighted by Gasteiger charge is -2.10. The molecule has 9 nitrogen and oxygen atoms in total. The fourth-order valence-electron chi connectivity index (χ4n) is 1.74. The molecule has 0 aliphatic rings. The Morgan fingerprint density at radius 3 is 2.27 bits per heavy atom. The maximum atomic E-state index is 11.7. The van der Waals surface area contributed by atoms with Crippen LogP contribution in [0.5, 0.6) is 0 Å². The zero-order valence-electron chi connectivity index (χ0n) is 14.4. The van der Waals surface area contributed by atoms with Crippen molar-refractivity contribution < 1.29 is 28.6 Å². The molecule has 0 unspecified atom stereocenters. The molecule has 0 fully saturated rings. The van der Waals surface area contributed by atoms with Crippen LogP contribution in [0.2, 0.25) is 0 Å². The topological polar surface area (TPSA) is 115 Å². The average molecular weight is 363 g/mol. The summed E-state index contributed by atoms with van der Waals surface area (Å²) in [4.78, 5) is 33.8. The number of carbonyl (C=O) groups is 3. The number of hydrogen-bond donors (Lipinski definition) is 3. The van der Waals surface area contributed by atoms with E-state index in [2.05, 4.69) is 33.8 Å². The summed E-state index contributed by atoms with van der Waals surface area (Å²) in [6.45, 7) is 7.01. The van der Waals surface area contributed by atoms with Gasteiger partial charge in [-0.3, -0.25) is 5.32 Å². The lowest BCUT2D eigenvalue weighted by Crippen LogP contribution is -2.26. The van der Waals surface area contributed by atoms with E-state index < -0.39 is 18.3 Å². The summed E-state index contributed by atoms with van der Waals surface area (Å²) in [6, 6.07) is 7.24. The average Bonchev–Trinajstić information content (AvgIpc) is 2.63. The summed E-state index contributed by atoms with van der Waals surface area (Å²) in [7, 11) is 1.28. The fraction of sp³-hybridized carbons (Fsp3) is 0.235. The lowest BCUT2D eigenvalue weighted by atomic mass is 10.1. The first-order valence-corrected chi connectivity index (χ1v) is 7.52. The van der Waals surface area contributed by atoms with Gasteiger partial charge in [-0.25, -0.2) is 14.4 Å². The minimum absolute atomic E-state index is 0.0299. The molecule has 26 heavy (non-hydrogen) atoms. The summed E-state index contributed by atoms with van der Waals surface area (Å²) >= 11 is 0. The van der Waals surface area contributed by atoms with Crippen LogP contribution in [-0.4, -0.2) is 32.0 Å². The zero-order valence-corrected chi connectivity index (χ0v) is 14.4. The monoisotopic (exact) mass is 363 g/mol. The Morgan fingerprint density at radius 1 is 1.08 bits per heavy atom. The molecular weight excluding hydrogens is 342 g/mol. The highest BCUT2D eigenvalue weighted by molar-refractivity contribution is 5.69. The van der Waals surface area contributed by atoms with E-state index in [0.717, 1.165) is 17.3 Å². The van der Waals surface area contributed by atoms with E-state index in [1.54, 1.807) is 12.1 Å². The minimum Gasteiger partial charge on any atom is -0.453 e. The largest absolute Gasteiger partial charge is 0.453 e. The standard InChI is InChI=1S/C17H21N3O6/c1-4-18-16(22)25-11-12(2)26-17(23)20-10-14-7-5-6-13(8-14)9-19-15(21)24-3/h4-8H,1-2,9-11H2,3H3,(H,18,22)(H,19,21)(H,20,23). The Morgan fingerprint density at radius 2 is 1.69 bits per heavy atom. The van der Waals surface area contributed by atoms with Crippen LogP contribution in [0, 0.1) is 0 Å². The van der Waals surface area contributed by atoms with Gasteiger partial charge >= 0.3 is 18.3 Å². The first-order valence-electron chi connectivity index (χ1n) is 7.52. The maximum Gasteiger partial charge on any atom is 0.412 e. The highest BCUT2D eigenvalue weighted by Gasteiger charge is 2.08. The smallest absolute Gasteiger partial charge is 0.412 e. The van der Waals surface area contributed by atoms with Gasteiger partial charge in [-0.2, -0.15) is 0 Å². The third-order valence-electron chi connectivity index (χ3n) is 2.87. The molecule has 0 atom stereocenters. The first-order chi connectivity index (χ1) is 12.4. The number of alkyl carbamates (subject to hydrolysis) is 3. The van der Waals surface area contributed by atoms with E-state index in [0.29, 0.717) is 6.54 Å². The van der Waals surface area contributed by atoms with Crippen molar-refractivity contribution in [3.63, 3.8) is 0 Å². The molecule has 9 heteroatoms. The van der Waals surface area contributed by atoms with Crippen molar-refractivity contribution in [2.75, 3.05) is 13.7 Å². The highest BCUT2D eigenvalue weighted by Crippen LogP contribution is 2.06. The number of nitrogens with one attached hydrogen (secondary N) is 3. The van der Waals surface area contributed by atoms with Crippen molar-refractivity contribution in [1.82, 2.24) is 16.0 Å². The van der Waals surface area contributed by atoms with E-state index in [1.165, 1.54) is 7.11 Å². The van der Waals surface area contributed by atoms with Crippen LogP contribution in [0.1, 0.15) is 11.1 Å². The summed E-state index contributed by atoms with van der Waals surface area (Å²) in [5, 5.41) is 7.30. The van der Waals surface area contributed by atoms with Crippen LogP contribution >= 0.6 is 0 Å². The van der Waals surface area contributed by atoms with Crippen LogP contribution in [0.4, 0.5) is 14.4 Å². The molecule has 1 aromatic rings. The molecule has 0 aliphatic carbocycles. The third kappa shape index (κ3) is 8.39. The number of ether oxygens (including phenoxy) is 3. The van der Waals surface area contributed by atoms with E-state index >= 15 is 0 Å². The van der Waals surface area contributed by atoms with E-state index in [-0.39, 0.29) is 18.9 Å². The van der Waals surface area contributed by atoms with E-state index in [1.807, 2.05) is 12.1 Å². The predicted octanol–water partition coefficient (Wildman–Crippen LogP) is 2.15. The van der Waals surface area contributed by atoms with Crippen LogP contribution in [-0.2, 0) is 27.3 Å². The van der Waals surface area contributed by atoms with E-state index in [4.69, 9.17) is 9.47 Å². The van der Waals surface area contributed by atoms with Gasteiger partial charge in [0.1, 0.15) is 5.76 Å². The molecule has 0 aliphatic heterocycles. The number of rotatable bonds is 8. The van der Waals surface area contributed by atoms with Crippen LogP contribution < -0.4 is 16.0 Å². The van der Waals surface area contributed by atoms with Gasteiger partial charge in [0.25, 0.3) is 0 Å². The molecular formula is C17H21N3O6. The number of carbonyl (C=O) groups excluding carboxylic acids is 3. The van der Waals surface area contributed by atoms with Crippen molar-refractivity contribution in [3.05, 3.63) is 60.5 Å². The van der Waals surface area contributed by atoms with Gasteiger partial charge in [-0.1, -0.05) is 37.4 Å². The molecule has 3 amide bonds. The minimum atomic E-state index is -0.735. The van der Waals surface area contributed by atoms with E-state index in [9.17, 15) is 14.4 Å². The molecule has 1 aromatic carbocycles. The fourth-order valence-corrected chi connectivity index (χ4v) is 1.74. The normalized spacial score (nSPS) is 9.42. The summed E-state index contributed by atoms with van der Waals surface area (Å²) in [6.07, 6.45) is -0.837. The Balaban J connectivity index is 2.37. The quantitative estimate of drug-likeness (QED) is 0.482. The molecule has 0 bridgehead atoms. The highest BCUT2D eigenvalue weighted by atomic mass is 16.6. The number of benzene rings is 1. The van der Waals surface area contributed by atoms with Gasteiger partial charge in [0.05, 0.1) is 7.11 Å². The Labute approximate surface area is 151 Å². The molecule has 0 aromatic heterocycles. The third-order valence-corrected chi connectivity index (χ3v) is 2.87. The Bertz CT molecular complexity index is 674. The summed E-state index contributed by atoms with van der Waals surface area (Å²) in [5.41, 5.74) is 1.65. The summed E-state index contributed by atoms with van der Waals surface area (Å²) in [5.74, 6) is -0.0299. The molecule has 0 saturated heterocycles. The molecule has 0 heterocycles. The maximum absolute atomic E-state index is 11.7. The second-order valence-corrected chi connectivity index (χ2v) is 4.87. The van der Waals surface area contributed by atoms with Gasteiger partial charge in [-0.05, 0) is 17.3 Å². The van der Waals surface area contributed by atoms with Gasteiger partial charge in [0.15, 0.2) is 6.61 Å². The van der Waals surface area contributed by atoms with Gasteiger partial charge in [-0.15, -0.1) is 0 Å². The lowest BCUT2D eigenvalue weighted by molar-refractivity contribution is 0.129. The van der Waals surface area contributed by atoms with Gasteiger partial charge in [0, 0.05) is 13.1 Å². The summed E-state index contributed by atoms with van der Waals surface area (Å²) < 4.78 is 14.1. The van der Waals surface area contributed by atoms with Crippen molar-refractivity contribution in [2.24, 2.45) is 0 Å². The van der Waals surface area contributed by atoms with Crippen LogP contribution in [0.15, 0.2) is 49.4 Å². The Hall–Kier alpha value is -3.49. The van der Waals surface area contributed by atoms with Crippen molar-refractivity contribution in [2.45, 2.75) is 13.1 Å². The SMILES string of the molecule is C=CNC(=O)OCC(=C)OC(=O)NCc1cccc(CNC(=O)OC)c1. The van der Waals surface area contributed by atoms with Crippen molar-refractivity contribution in [1.29, 1.82) is 0 Å². The number of amides is 3. The van der Waals surface area contributed by atoms with Crippen molar-refractivity contribution in [3.8, 4) is 0 Å². The predicted molar refractivity (Wildman–Crippen MR) is 92.8 cm³/mol. The first kappa shape index (κ1) is 20.6. The molecule has 0 radical (unpaired) electrons. The van der Waals surface area contributed by atoms with Gasteiger partial charge in [0.2, 0.25) is 0 Å². The van der Waals surface area contributed by atoms with Crippen LogP contribution in [0.25, 0.3) is 0 Å². The number of methoxy groups -OCH3 is 1. The van der Waals surface area contributed by atoms with Crippen LogP contribution in [0.3, 0.4) is 0 Å². The molecule has 0 saturated carbocycles. The second-order valence-electron chi connectivity index (χ2n) is 4.87.